The monoisotopic (exact) mass is 414 g/mol. The van der Waals surface area contributed by atoms with Crippen molar-refractivity contribution in [2.75, 3.05) is 6.54 Å². The summed E-state index contributed by atoms with van der Waals surface area (Å²) < 4.78 is 15.1. The number of piperidine rings is 1. The van der Waals surface area contributed by atoms with Gasteiger partial charge in [0.1, 0.15) is 6.17 Å². The molecule has 7 heteroatoms. The summed E-state index contributed by atoms with van der Waals surface area (Å²) in [6.07, 6.45) is 4.51. The van der Waals surface area contributed by atoms with Gasteiger partial charge in [0.15, 0.2) is 0 Å². The number of hydrogen-bond donors (Lipinski definition) is 2. The van der Waals surface area contributed by atoms with Gasteiger partial charge in [-0.2, -0.15) is 0 Å². The maximum atomic E-state index is 13.3. The van der Waals surface area contributed by atoms with Gasteiger partial charge in [0.25, 0.3) is 5.56 Å². The van der Waals surface area contributed by atoms with E-state index in [1.165, 1.54) is 0 Å². The number of aryl methyl sites for hydroxylation is 2. The predicted molar refractivity (Wildman–Crippen MR) is 115 cm³/mol. The Labute approximate surface area is 176 Å². The molecule has 0 spiro atoms. The molecule has 2 N–H and O–H groups in total. The van der Waals surface area contributed by atoms with E-state index in [9.17, 15) is 14.0 Å². The zero-order valence-corrected chi connectivity index (χ0v) is 18.0. The van der Waals surface area contributed by atoms with Gasteiger partial charge in [0, 0.05) is 42.5 Å². The molecule has 2 fully saturated rings. The topological polar surface area (TPSA) is 76.0 Å². The standard InChI is InChI=1S/C23H31FN4O2/c1-13-4-6-17(27-22(29)20-7-5-16(24)12-26-20)10-18(13)19-9-15-11-25-14(2)8-21(15)28(3)23(19)30/h8-9,11,13,16-18,20,26H,4-7,10,12H2,1-3H3,(H,27,29). The fourth-order valence-electron chi connectivity index (χ4n) is 4.99. The number of nitrogens with zero attached hydrogens (tertiary/aromatic N) is 2. The van der Waals surface area contributed by atoms with E-state index in [2.05, 4.69) is 22.5 Å². The van der Waals surface area contributed by atoms with Crippen molar-refractivity contribution in [2.24, 2.45) is 13.0 Å². The average Bonchev–Trinajstić information content (AvgIpc) is 2.73. The van der Waals surface area contributed by atoms with Crippen molar-refractivity contribution in [2.45, 2.75) is 70.1 Å². The molecule has 1 saturated carbocycles. The molecule has 1 amide bonds. The number of nitrogens with one attached hydrogen (secondary N) is 2. The summed E-state index contributed by atoms with van der Waals surface area (Å²) in [5.74, 6) is 0.399. The van der Waals surface area contributed by atoms with Gasteiger partial charge in [-0.15, -0.1) is 0 Å². The lowest BCUT2D eigenvalue weighted by atomic mass is 9.74. The van der Waals surface area contributed by atoms with Crippen LogP contribution in [-0.2, 0) is 11.8 Å². The van der Waals surface area contributed by atoms with Gasteiger partial charge in [0.05, 0.1) is 11.6 Å². The van der Waals surface area contributed by atoms with E-state index < -0.39 is 6.17 Å². The number of pyridine rings is 2. The summed E-state index contributed by atoms with van der Waals surface area (Å²) in [6, 6.07) is 3.63. The number of aromatic nitrogens is 2. The number of fused-ring (bicyclic) bond motifs is 1. The highest BCUT2D eigenvalue weighted by Gasteiger charge is 2.33. The fourth-order valence-corrected chi connectivity index (χ4v) is 4.99. The summed E-state index contributed by atoms with van der Waals surface area (Å²) in [6.45, 7) is 4.34. The maximum absolute atomic E-state index is 13.3. The fraction of sp³-hybridized carbons (Fsp3) is 0.609. The zero-order valence-electron chi connectivity index (χ0n) is 18.0. The highest BCUT2D eigenvalue weighted by atomic mass is 19.1. The van der Waals surface area contributed by atoms with Crippen LogP contribution < -0.4 is 16.2 Å². The minimum absolute atomic E-state index is 0.0276. The maximum Gasteiger partial charge on any atom is 0.254 e. The van der Waals surface area contributed by atoms with Crippen LogP contribution in [0.2, 0.25) is 0 Å². The Morgan fingerprint density at radius 2 is 2.07 bits per heavy atom. The van der Waals surface area contributed by atoms with Crippen molar-refractivity contribution in [3.05, 3.63) is 39.9 Å². The third-order valence-corrected chi connectivity index (χ3v) is 6.89. The molecule has 1 saturated heterocycles. The van der Waals surface area contributed by atoms with E-state index in [-0.39, 0.29) is 36.0 Å². The van der Waals surface area contributed by atoms with Crippen LogP contribution in [0.1, 0.15) is 56.2 Å². The van der Waals surface area contributed by atoms with Crippen molar-refractivity contribution in [3.8, 4) is 0 Å². The van der Waals surface area contributed by atoms with Crippen LogP contribution in [0.4, 0.5) is 4.39 Å². The highest BCUT2D eigenvalue weighted by molar-refractivity contribution is 5.82. The van der Waals surface area contributed by atoms with Crippen molar-refractivity contribution in [3.63, 3.8) is 0 Å². The molecule has 2 aliphatic rings. The number of halogens is 1. The first-order valence-corrected chi connectivity index (χ1v) is 11.0. The molecule has 0 radical (unpaired) electrons. The molecule has 6 nitrogen and oxygen atoms in total. The van der Waals surface area contributed by atoms with E-state index in [1.54, 1.807) is 4.57 Å². The second kappa shape index (κ2) is 8.46. The molecule has 5 unspecified atom stereocenters. The lowest BCUT2D eigenvalue weighted by molar-refractivity contribution is -0.125. The lowest BCUT2D eigenvalue weighted by Gasteiger charge is -2.36. The molecule has 1 aliphatic heterocycles. The molecular weight excluding hydrogens is 383 g/mol. The van der Waals surface area contributed by atoms with E-state index in [1.807, 2.05) is 32.3 Å². The Hall–Kier alpha value is -2.28. The van der Waals surface area contributed by atoms with E-state index in [0.717, 1.165) is 41.4 Å². The number of carbonyl (C=O) groups is 1. The molecule has 4 rings (SSSR count). The second-order valence-corrected chi connectivity index (χ2v) is 9.09. The first-order valence-electron chi connectivity index (χ1n) is 11.0. The Morgan fingerprint density at radius 1 is 1.27 bits per heavy atom. The van der Waals surface area contributed by atoms with Gasteiger partial charge < -0.3 is 15.2 Å². The molecule has 2 aromatic heterocycles. The van der Waals surface area contributed by atoms with Crippen molar-refractivity contribution in [1.82, 2.24) is 20.2 Å². The average molecular weight is 415 g/mol. The van der Waals surface area contributed by atoms with Crippen LogP contribution in [-0.4, -0.2) is 40.3 Å². The molecular formula is C23H31FN4O2. The summed E-state index contributed by atoms with van der Waals surface area (Å²) in [4.78, 5) is 30.2. The minimum Gasteiger partial charge on any atom is -0.352 e. The van der Waals surface area contributed by atoms with Gasteiger partial charge in [-0.25, -0.2) is 4.39 Å². The van der Waals surface area contributed by atoms with E-state index in [4.69, 9.17) is 0 Å². The number of hydrogen-bond acceptors (Lipinski definition) is 4. The number of rotatable bonds is 3. The Morgan fingerprint density at radius 3 is 2.80 bits per heavy atom. The van der Waals surface area contributed by atoms with Crippen molar-refractivity contribution >= 4 is 16.8 Å². The van der Waals surface area contributed by atoms with Crippen LogP contribution in [0.15, 0.2) is 23.1 Å². The molecule has 0 aromatic carbocycles. The first-order chi connectivity index (χ1) is 14.3. The third-order valence-electron chi connectivity index (χ3n) is 6.89. The van der Waals surface area contributed by atoms with Crippen LogP contribution in [0.5, 0.6) is 0 Å². The Balaban J connectivity index is 1.54. The van der Waals surface area contributed by atoms with Gasteiger partial charge in [-0.1, -0.05) is 6.92 Å². The normalized spacial score (nSPS) is 29.7. The third kappa shape index (κ3) is 4.13. The van der Waals surface area contributed by atoms with Crippen molar-refractivity contribution in [1.29, 1.82) is 0 Å². The Kier molecular flexibility index (Phi) is 5.91. The number of carbonyl (C=O) groups excluding carboxylic acids is 1. The van der Waals surface area contributed by atoms with Gasteiger partial charge >= 0.3 is 0 Å². The number of amides is 1. The molecule has 5 atom stereocenters. The van der Waals surface area contributed by atoms with Crippen molar-refractivity contribution < 1.29 is 9.18 Å². The second-order valence-electron chi connectivity index (χ2n) is 9.09. The lowest BCUT2D eigenvalue weighted by Crippen LogP contribution is -2.52. The van der Waals surface area contributed by atoms with Crippen LogP contribution >= 0.6 is 0 Å². The highest BCUT2D eigenvalue weighted by Crippen LogP contribution is 2.37. The SMILES string of the molecule is Cc1cc2c(cn1)cc(C1CC(NC(=O)C3CCC(F)CN3)CCC1C)c(=O)n2C. The Bertz CT molecular complexity index is 997. The molecule has 30 heavy (non-hydrogen) atoms. The molecule has 162 valence electrons. The van der Waals surface area contributed by atoms with Crippen LogP contribution in [0.25, 0.3) is 10.9 Å². The largest absolute Gasteiger partial charge is 0.352 e. The van der Waals surface area contributed by atoms with E-state index >= 15 is 0 Å². The van der Waals surface area contributed by atoms with Gasteiger partial charge in [-0.3, -0.25) is 14.6 Å². The summed E-state index contributed by atoms with van der Waals surface area (Å²) >= 11 is 0. The molecule has 3 heterocycles. The quantitative estimate of drug-likeness (QED) is 0.810. The first kappa shape index (κ1) is 21.0. The van der Waals surface area contributed by atoms with Gasteiger partial charge in [0.2, 0.25) is 5.91 Å². The summed E-state index contributed by atoms with van der Waals surface area (Å²) in [7, 11) is 1.81. The summed E-state index contributed by atoms with van der Waals surface area (Å²) in [5.41, 5.74) is 2.60. The number of alkyl halides is 1. The van der Waals surface area contributed by atoms with E-state index in [0.29, 0.717) is 18.8 Å². The smallest absolute Gasteiger partial charge is 0.254 e. The minimum atomic E-state index is -0.864. The van der Waals surface area contributed by atoms with Crippen LogP contribution in [0.3, 0.4) is 0 Å². The predicted octanol–water partition coefficient (Wildman–Crippen LogP) is 2.72. The zero-order chi connectivity index (χ0) is 21.4. The van der Waals surface area contributed by atoms with Crippen LogP contribution in [0, 0.1) is 12.8 Å². The molecule has 1 aliphatic carbocycles. The molecule has 0 bridgehead atoms. The molecule has 2 aromatic rings. The summed E-state index contributed by atoms with van der Waals surface area (Å²) in [5, 5.41) is 7.12. The van der Waals surface area contributed by atoms with Gasteiger partial charge in [-0.05, 0) is 63.0 Å².